The Morgan fingerprint density at radius 1 is 1.26 bits per heavy atom. The number of hydrogen-bond acceptors (Lipinski definition) is 3. The molecule has 2 rings (SSSR count). The summed E-state index contributed by atoms with van der Waals surface area (Å²) >= 11 is 1.59. The van der Waals surface area contributed by atoms with E-state index in [1.807, 2.05) is 16.8 Å². The van der Waals surface area contributed by atoms with Crippen LogP contribution in [0.3, 0.4) is 0 Å². The summed E-state index contributed by atoms with van der Waals surface area (Å²) in [5.74, 6) is -0.239. The molecule has 0 saturated carbocycles. The summed E-state index contributed by atoms with van der Waals surface area (Å²) in [6.07, 6.45) is 3.32. The number of ketones is 1. The fraction of sp³-hybridized carbons (Fsp3) is 0.0667. The molecular formula is C15H13NO2S. The fourth-order valence-electron chi connectivity index (χ4n) is 1.59. The smallest absolute Gasteiger partial charge is 0.221 e. The monoisotopic (exact) mass is 271 g/mol. The topological polar surface area (TPSA) is 46.2 Å². The molecule has 0 atom stereocenters. The van der Waals surface area contributed by atoms with Gasteiger partial charge in [-0.2, -0.15) is 11.3 Å². The molecule has 1 aromatic carbocycles. The Labute approximate surface area is 115 Å². The lowest BCUT2D eigenvalue weighted by Crippen LogP contribution is -2.06. The molecule has 1 amide bonds. The highest BCUT2D eigenvalue weighted by Crippen LogP contribution is 2.13. The Hall–Kier alpha value is -2.20. The molecule has 0 aliphatic heterocycles. The van der Waals surface area contributed by atoms with Crippen LogP contribution in [0.15, 0.2) is 47.2 Å². The third-order valence-corrected chi connectivity index (χ3v) is 3.14. The number of rotatable bonds is 4. The van der Waals surface area contributed by atoms with Crippen molar-refractivity contribution in [2.24, 2.45) is 0 Å². The molecule has 0 spiro atoms. The Bertz CT molecular complexity index is 615. The number of benzene rings is 1. The first-order valence-electron chi connectivity index (χ1n) is 5.77. The molecule has 0 radical (unpaired) electrons. The van der Waals surface area contributed by atoms with Gasteiger partial charge < -0.3 is 5.32 Å². The predicted molar refractivity (Wildman–Crippen MR) is 78.4 cm³/mol. The highest BCUT2D eigenvalue weighted by molar-refractivity contribution is 7.08. The van der Waals surface area contributed by atoms with Crippen LogP contribution in [-0.2, 0) is 4.79 Å². The Morgan fingerprint density at radius 3 is 2.79 bits per heavy atom. The number of amides is 1. The van der Waals surface area contributed by atoms with E-state index >= 15 is 0 Å². The molecule has 1 N–H and O–H groups in total. The SMILES string of the molecule is CC(=O)Nc1cccc(C(=O)/C=C/c2ccsc2)c1. The van der Waals surface area contributed by atoms with Crippen LogP contribution >= 0.6 is 11.3 Å². The summed E-state index contributed by atoms with van der Waals surface area (Å²) in [6.45, 7) is 1.44. The number of hydrogen-bond donors (Lipinski definition) is 1. The molecule has 0 saturated heterocycles. The zero-order valence-corrected chi connectivity index (χ0v) is 11.2. The van der Waals surface area contributed by atoms with E-state index in [9.17, 15) is 9.59 Å². The van der Waals surface area contributed by atoms with Crippen molar-refractivity contribution in [2.45, 2.75) is 6.92 Å². The molecule has 0 fully saturated rings. The van der Waals surface area contributed by atoms with E-state index < -0.39 is 0 Å². The van der Waals surface area contributed by atoms with Crippen molar-refractivity contribution < 1.29 is 9.59 Å². The van der Waals surface area contributed by atoms with Crippen molar-refractivity contribution in [3.05, 3.63) is 58.3 Å². The average Bonchev–Trinajstić information content (AvgIpc) is 2.88. The minimum atomic E-state index is -0.154. The number of carbonyl (C=O) groups is 2. The predicted octanol–water partition coefficient (Wildman–Crippen LogP) is 3.60. The lowest BCUT2D eigenvalue weighted by Gasteiger charge is -2.03. The van der Waals surface area contributed by atoms with Gasteiger partial charge in [-0.15, -0.1) is 0 Å². The number of thiophene rings is 1. The average molecular weight is 271 g/mol. The maximum atomic E-state index is 12.0. The van der Waals surface area contributed by atoms with Gasteiger partial charge in [-0.3, -0.25) is 9.59 Å². The van der Waals surface area contributed by atoms with Gasteiger partial charge in [0.05, 0.1) is 0 Å². The van der Waals surface area contributed by atoms with Gasteiger partial charge in [-0.1, -0.05) is 18.2 Å². The lowest BCUT2D eigenvalue weighted by atomic mass is 10.1. The largest absolute Gasteiger partial charge is 0.326 e. The molecule has 4 heteroatoms. The van der Waals surface area contributed by atoms with Gasteiger partial charge in [-0.25, -0.2) is 0 Å². The van der Waals surface area contributed by atoms with E-state index in [4.69, 9.17) is 0 Å². The molecule has 1 heterocycles. The maximum absolute atomic E-state index is 12.0. The fourth-order valence-corrected chi connectivity index (χ4v) is 2.22. The Balaban J connectivity index is 2.13. The van der Waals surface area contributed by atoms with Crippen LogP contribution in [0.5, 0.6) is 0 Å². The van der Waals surface area contributed by atoms with Gasteiger partial charge in [0.1, 0.15) is 0 Å². The van der Waals surface area contributed by atoms with Crippen LogP contribution in [0.4, 0.5) is 5.69 Å². The summed E-state index contributed by atoms with van der Waals surface area (Å²) in [5, 5.41) is 6.59. The molecule has 1 aromatic heterocycles. The zero-order chi connectivity index (χ0) is 13.7. The van der Waals surface area contributed by atoms with Gasteiger partial charge >= 0.3 is 0 Å². The van der Waals surface area contributed by atoms with Gasteiger partial charge in [-0.05, 0) is 40.6 Å². The lowest BCUT2D eigenvalue weighted by molar-refractivity contribution is -0.114. The van der Waals surface area contributed by atoms with Crippen molar-refractivity contribution in [1.29, 1.82) is 0 Å². The first kappa shape index (κ1) is 13.2. The molecule has 0 aliphatic carbocycles. The summed E-state index contributed by atoms with van der Waals surface area (Å²) in [4.78, 5) is 22.9. The van der Waals surface area contributed by atoms with E-state index in [1.54, 1.807) is 41.7 Å². The van der Waals surface area contributed by atoms with Crippen LogP contribution in [-0.4, -0.2) is 11.7 Å². The van der Waals surface area contributed by atoms with E-state index in [0.717, 1.165) is 5.56 Å². The van der Waals surface area contributed by atoms with Gasteiger partial charge in [0.2, 0.25) is 5.91 Å². The summed E-state index contributed by atoms with van der Waals surface area (Å²) in [5.41, 5.74) is 2.19. The molecule has 19 heavy (non-hydrogen) atoms. The van der Waals surface area contributed by atoms with E-state index in [1.165, 1.54) is 13.0 Å². The van der Waals surface area contributed by atoms with E-state index in [0.29, 0.717) is 11.3 Å². The molecule has 0 unspecified atom stereocenters. The van der Waals surface area contributed by atoms with Crippen molar-refractivity contribution in [2.75, 3.05) is 5.32 Å². The molecule has 0 bridgehead atoms. The summed E-state index contributed by atoms with van der Waals surface area (Å²) in [7, 11) is 0. The van der Waals surface area contributed by atoms with Crippen molar-refractivity contribution in [3.63, 3.8) is 0 Å². The second-order valence-corrected chi connectivity index (χ2v) is 4.80. The van der Waals surface area contributed by atoms with Crippen LogP contribution in [0.1, 0.15) is 22.8 Å². The van der Waals surface area contributed by atoms with Crippen molar-refractivity contribution in [3.8, 4) is 0 Å². The third-order valence-electron chi connectivity index (χ3n) is 2.44. The minimum absolute atomic E-state index is 0.0848. The van der Waals surface area contributed by atoms with Crippen molar-refractivity contribution in [1.82, 2.24) is 0 Å². The van der Waals surface area contributed by atoms with E-state index in [-0.39, 0.29) is 11.7 Å². The second-order valence-electron chi connectivity index (χ2n) is 4.02. The number of anilines is 1. The van der Waals surface area contributed by atoms with Crippen LogP contribution in [0, 0.1) is 0 Å². The molecule has 96 valence electrons. The number of nitrogens with one attached hydrogen (secondary N) is 1. The minimum Gasteiger partial charge on any atom is -0.326 e. The van der Waals surface area contributed by atoms with E-state index in [2.05, 4.69) is 5.32 Å². The number of allylic oxidation sites excluding steroid dienone is 1. The van der Waals surface area contributed by atoms with Gasteiger partial charge in [0.25, 0.3) is 0 Å². The van der Waals surface area contributed by atoms with Crippen molar-refractivity contribution >= 4 is 34.8 Å². The van der Waals surface area contributed by atoms with Crippen LogP contribution < -0.4 is 5.32 Å². The molecule has 2 aromatic rings. The summed E-state index contributed by atoms with van der Waals surface area (Å²) in [6, 6.07) is 8.84. The molecule has 3 nitrogen and oxygen atoms in total. The standard InChI is InChI=1S/C15H13NO2S/c1-11(17)16-14-4-2-3-13(9-14)15(18)6-5-12-7-8-19-10-12/h2-10H,1H3,(H,16,17)/b6-5+. The van der Waals surface area contributed by atoms with Crippen LogP contribution in [0.2, 0.25) is 0 Å². The second kappa shape index (κ2) is 6.11. The Kier molecular flexibility index (Phi) is 4.26. The normalized spacial score (nSPS) is 10.6. The molecular weight excluding hydrogens is 258 g/mol. The highest BCUT2D eigenvalue weighted by atomic mass is 32.1. The molecule has 0 aliphatic rings. The summed E-state index contributed by atoms with van der Waals surface area (Å²) < 4.78 is 0. The quantitative estimate of drug-likeness (QED) is 0.682. The zero-order valence-electron chi connectivity index (χ0n) is 10.4. The maximum Gasteiger partial charge on any atom is 0.221 e. The van der Waals surface area contributed by atoms with Crippen LogP contribution in [0.25, 0.3) is 6.08 Å². The first-order valence-corrected chi connectivity index (χ1v) is 6.72. The Morgan fingerprint density at radius 2 is 2.11 bits per heavy atom. The highest BCUT2D eigenvalue weighted by Gasteiger charge is 2.03. The van der Waals surface area contributed by atoms with Gasteiger partial charge in [0.15, 0.2) is 5.78 Å². The third kappa shape index (κ3) is 3.89. The van der Waals surface area contributed by atoms with Gasteiger partial charge in [0, 0.05) is 18.2 Å². The number of carbonyl (C=O) groups excluding carboxylic acids is 2. The first-order chi connectivity index (χ1) is 9.15.